The molecule has 2 aromatic rings. The molecule has 1 heterocycles. The third-order valence-corrected chi connectivity index (χ3v) is 7.72. The topological polar surface area (TPSA) is 75.7 Å². The van der Waals surface area contributed by atoms with Gasteiger partial charge in [0.2, 0.25) is 10.0 Å². The molecule has 2 aromatic carbocycles. The Hall–Kier alpha value is -2.22. The van der Waals surface area contributed by atoms with Gasteiger partial charge in [0.1, 0.15) is 0 Å². The molecule has 0 aromatic heterocycles. The summed E-state index contributed by atoms with van der Waals surface area (Å²) in [7, 11) is -3.66. The second-order valence-corrected chi connectivity index (χ2v) is 9.51. The Morgan fingerprint density at radius 3 is 2.62 bits per heavy atom. The maximum atomic E-state index is 13.1. The molecular weight excluding hydrogens is 388 g/mol. The van der Waals surface area contributed by atoms with Crippen LogP contribution in [0.1, 0.15) is 39.9 Å². The molecule has 0 bridgehead atoms. The second-order valence-electron chi connectivity index (χ2n) is 7.60. The summed E-state index contributed by atoms with van der Waals surface area (Å²) in [5.74, 6) is -0.289. The maximum Gasteiger partial charge on any atom is 0.255 e. The van der Waals surface area contributed by atoms with Crippen LogP contribution < -0.4 is 5.32 Å². The van der Waals surface area contributed by atoms with E-state index in [1.807, 2.05) is 12.1 Å². The first-order valence-electron chi connectivity index (χ1n) is 10.1. The van der Waals surface area contributed by atoms with Gasteiger partial charge in [-0.05, 0) is 67.5 Å². The van der Waals surface area contributed by atoms with Crippen molar-refractivity contribution in [2.75, 3.05) is 31.6 Å². The van der Waals surface area contributed by atoms with Gasteiger partial charge in [-0.2, -0.15) is 4.31 Å². The summed E-state index contributed by atoms with van der Waals surface area (Å²) in [5.41, 5.74) is 4.28. The molecule has 1 aliphatic carbocycles. The maximum absolute atomic E-state index is 13.1. The number of hydrogen-bond donors (Lipinski definition) is 1. The van der Waals surface area contributed by atoms with Gasteiger partial charge in [0.15, 0.2) is 0 Å². The highest BCUT2D eigenvalue weighted by atomic mass is 32.2. The van der Waals surface area contributed by atoms with E-state index in [4.69, 9.17) is 4.74 Å². The second kappa shape index (κ2) is 8.26. The first-order valence-corrected chi connectivity index (χ1v) is 11.5. The monoisotopic (exact) mass is 414 g/mol. The van der Waals surface area contributed by atoms with E-state index in [1.54, 1.807) is 19.1 Å². The van der Waals surface area contributed by atoms with Gasteiger partial charge in [-0.1, -0.05) is 18.2 Å². The van der Waals surface area contributed by atoms with Crippen molar-refractivity contribution in [3.8, 4) is 0 Å². The molecular formula is C22H26N2O4S. The zero-order valence-electron chi connectivity index (χ0n) is 16.6. The number of hydrogen-bond acceptors (Lipinski definition) is 4. The highest BCUT2D eigenvalue weighted by Crippen LogP contribution is 2.29. The molecule has 0 saturated carbocycles. The molecule has 1 aliphatic heterocycles. The largest absolute Gasteiger partial charge is 0.379 e. The van der Waals surface area contributed by atoms with Crippen LogP contribution in [0.5, 0.6) is 0 Å². The summed E-state index contributed by atoms with van der Waals surface area (Å²) >= 11 is 0. The Kier molecular flexibility index (Phi) is 5.72. The number of nitrogens with zero attached hydrogens (tertiary/aromatic N) is 1. The van der Waals surface area contributed by atoms with Crippen molar-refractivity contribution in [3.63, 3.8) is 0 Å². The van der Waals surface area contributed by atoms with Crippen LogP contribution in [0.25, 0.3) is 0 Å². The van der Waals surface area contributed by atoms with Crippen LogP contribution in [-0.2, 0) is 27.6 Å². The van der Waals surface area contributed by atoms with Crippen molar-refractivity contribution >= 4 is 21.6 Å². The first-order chi connectivity index (χ1) is 14.0. The summed E-state index contributed by atoms with van der Waals surface area (Å²) in [4.78, 5) is 13.1. The van der Waals surface area contributed by atoms with Gasteiger partial charge in [0, 0.05) is 24.3 Å². The zero-order valence-corrected chi connectivity index (χ0v) is 17.4. The van der Waals surface area contributed by atoms with Gasteiger partial charge in [0.25, 0.3) is 5.91 Å². The van der Waals surface area contributed by atoms with Crippen molar-refractivity contribution in [1.82, 2.24) is 4.31 Å². The fourth-order valence-electron chi connectivity index (χ4n) is 4.04. The lowest BCUT2D eigenvalue weighted by atomic mass is 9.90. The van der Waals surface area contributed by atoms with E-state index in [0.29, 0.717) is 37.4 Å². The van der Waals surface area contributed by atoms with E-state index in [9.17, 15) is 13.2 Å². The number of carbonyl (C=O) groups excluding carboxylic acids is 1. The standard InChI is InChI=1S/C22H26N2O4S/c1-16-9-10-18(15-21(16)29(26,27)24-11-13-28-14-12-24)22(25)23-20-8-4-6-17-5-2-3-7-19(17)20/h4,6,8-10,15H,2-3,5,7,11-14H2,1H3,(H,23,25). The number of benzene rings is 2. The van der Waals surface area contributed by atoms with Crippen LogP contribution in [-0.4, -0.2) is 44.9 Å². The first kappa shape index (κ1) is 20.1. The van der Waals surface area contributed by atoms with E-state index >= 15 is 0 Å². The Balaban J connectivity index is 1.61. The van der Waals surface area contributed by atoms with E-state index in [1.165, 1.54) is 27.9 Å². The number of fused-ring (bicyclic) bond motifs is 1. The molecule has 2 aliphatic rings. The molecule has 0 atom stereocenters. The van der Waals surface area contributed by atoms with Crippen LogP contribution >= 0.6 is 0 Å². The molecule has 0 radical (unpaired) electrons. The van der Waals surface area contributed by atoms with Crippen LogP contribution in [0.3, 0.4) is 0 Å². The summed E-state index contributed by atoms with van der Waals surface area (Å²) < 4.78 is 32.8. The van der Waals surface area contributed by atoms with Gasteiger partial charge in [0.05, 0.1) is 18.1 Å². The number of amides is 1. The smallest absolute Gasteiger partial charge is 0.255 e. The van der Waals surface area contributed by atoms with E-state index in [0.717, 1.165) is 24.9 Å². The Morgan fingerprint density at radius 2 is 1.83 bits per heavy atom. The molecule has 29 heavy (non-hydrogen) atoms. The predicted molar refractivity (Wildman–Crippen MR) is 112 cm³/mol. The summed E-state index contributed by atoms with van der Waals surface area (Å²) in [6, 6.07) is 10.9. The van der Waals surface area contributed by atoms with Crippen molar-refractivity contribution in [2.24, 2.45) is 0 Å². The third kappa shape index (κ3) is 4.08. The highest BCUT2D eigenvalue weighted by Gasteiger charge is 2.28. The van der Waals surface area contributed by atoms with Crippen molar-refractivity contribution < 1.29 is 17.9 Å². The lowest BCUT2D eigenvalue weighted by Gasteiger charge is -2.26. The molecule has 1 amide bonds. The number of ether oxygens (including phenoxy) is 1. The average molecular weight is 415 g/mol. The van der Waals surface area contributed by atoms with Gasteiger partial charge < -0.3 is 10.1 Å². The molecule has 1 fully saturated rings. The number of aryl methyl sites for hydroxylation is 2. The quantitative estimate of drug-likeness (QED) is 0.834. The number of carbonyl (C=O) groups is 1. The van der Waals surface area contributed by atoms with Crippen LogP contribution in [0.4, 0.5) is 5.69 Å². The third-order valence-electron chi connectivity index (χ3n) is 5.68. The van der Waals surface area contributed by atoms with Crippen LogP contribution in [0.2, 0.25) is 0 Å². The number of nitrogens with one attached hydrogen (secondary N) is 1. The molecule has 6 nitrogen and oxygen atoms in total. The minimum Gasteiger partial charge on any atom is -0.379 e. The van der Waals surface area contributed by atoms with Gasteiger partial charge >= 0.3 is 0 Å². The van der Waals surface area contributed by atoms with Crippen LogP contribution in [0.15, 0.2) is 41.3 Å². The van der Waals surface area contributed by atoms with Gasteiger partial charge in [-0.25, -0.2) is 8.42 Å². The Labute approximate surface area is 171 Å². The Morgan fingerprint density at radius 1 is 1.07 bits per heavy atom. The van der Waals surface area contributed by atoms with E-state index in [-0.39, 0.29) is 10.8 Å². The zero-order chi connectivity index (χ0) is 20.4. The number of morpholine rings is 1. The molecule has 4 rings (SSSR count). The lowest BCUT2D eigenvalue weighted by molar-refractivity contribution is 0.0730. The minimum atomic E-state index is -3.66. The highest BCUT2D eigenvalue weighted by molar-refractivity contribution is 7.89. The molecule has 1 saturated heterocycles. The average Bonchev–Trinajstić information content (AvgIpc) is 2.75. The van der Waals surface area contributed by atoms with Crippen molar-refractivity contribution in [3.05, 3.63) is 58.7 Å². The number of anilines is 1. The van der Waals surface area contributed by atoms with Crippen molar-refractivity contribution in [1.29, 1.82) is 0 Å². The van der Waals surface area contributed by atoms with Gasteiger partial charge in [-0.3, -0.25) is 4.79 Å². The fourth-order valence-corrected chi connectivity index (χ4v) is 5.70. The summed E-state index contributed by atoms with van der Waals surface area (Å²) in [5, 5.41) is 3.00. The Bertz CT molecular complexity index is 1030. The van der Waals surface area contributed by atoms with Crippen LogP contribution in [0, 0.1) is 6.92 Å². The summed E-state index contributed by atoms with van der Waals surface area (Å²) in [6.07, 6.45) is 4.28. The molecule has 154 valence electrons. The summed E-state index contributed by atoms with van der Waals surface area (Å²) in [6.45, 7) is 3.18. The molecule has 0 spiro atoms. The lowest BCUT2D eigenvalue weighted by Crippen LogP contribution is -2.40. The normalized spacial score (nSPS) is 17.6. The molecule has 1 N–H and O–H groups in total. The molecule has 7 heteroatoms. The number of rotatable bonds is 4. The predicted octanol–water partition coefficient (Wildman–Crippen LogP) is 3.15. The minimum absolute atomic E-state index is 0.183. The van der Waals surface area contributed by atoms with E-state index < -0.39 is 10.0 Å². The SMILES string of the molecule is Cc1ccc(C(=O)Nc2cccc3c2CCCC3)cc1S(=O)(=O)N1CCOCC1. The fraction of sp³-hybridized carbons (Fsp3) is 0.409. The molecule has 0 unspecified atom stereocenters. The van der Waals surface area contributed by atoms with Gasteiger partial charge in [-0.15, -0.1) is 0 Å². The van der Waals surface area contributed by atoms with Crippen molar-refractivity contribution in [2.45, 2.75) is 37.5 Å². The van der Waals surface area contributed by atoms with E-state index in [2.05, 4.69) is 11.4 Å². The number of sulfonamides is 1.